The lowest BCUT2D eigenvalue weighted by Gasteiger charge is -2.09. The van der Waals surface area contributed by atoms with E-state index in [2.05, 4.69) is 15.2 Å². The highest BCUT2D eigenvalue weighted by molar-refractivity contribution is 5.75. The van der Waals surface area contributed by atoms with Crippen LogP contribution in [-0.4, -0.2) is 37.6 Å². The van der Waals surface area contributed by atoms with Crippen LogP contribution in [0.2, 0.25) is 0 Å². The summed E-state index contributed by atoms with van der Waals surface area (Å²) < 4.78 is 9.05. The molecule has 2 aromatic heterocycles. The van der Waals surface area contributed by atoms with E-state index in [1.54, 1.807) is 11.8 Å². The van der Waals surface area contributed by atoms with E-state index in [1.807, 2.05) is 48.9 Å². The Hall–Kier alpha value is -3.16. The number of nitrogens with two attached hydrogens (primary N) is 1. The number of primary amides is 1. The molecule has 0 aliphatic carbocycles. The van der Waals surface area contributed by atoms with Gasteiger partial charge in [0.1, 0.15) is 11.4 Å². The molecule has 1 aromatic carbocycles. The molecule has 2 heterocycles. The lowest BCUT2D eigenvalue weighted by atomic mass is 10.2. The van der Waals surface area contributed by atoms with Gasteiger partial charge in [-0.25, -0.2) is 9.67 Å². The summed E-state index contributed by atoms with van der Waals surface area (Å²) in [7, 11) is 1.63. The van der Waals surface area contributed by atoms with Crippen LogP contribution in [0.3, 0.4) is 0 Å². The molecule has 0 aliphatic rings. The third-order valence-electron chi connectivity index (χ3n) is 4.07. The van der Waals surface area contributed by atoms with Crippen LogP contribution in [0, 0.1) is 6.92 Å². The minimum absolute atomic E-state index is 0.0145. The van der Waals surface area contributed by atoms with Crippen molar-refractivity contribution in [1.82, 2.24) is 24.5 Å². The first-order valence-electron chi connectivity index (χ1n) is 8.40. The maximum absolute atomic E-state index is 11.3. The molecule has 0 unspecified atom stereocenters. The molecule has 8 nitrogen and oxygen atoms in total. The van der Waals surface area contributed by atoms with Gasteiger partial charge in [0.05, 0.1) is 20.1 Å². The predicted molar refractivity (Wildman–Crippen MR) is 96.6 cm³/mol. The molecule has 136 valence electrons. The number of carbonyl (C=O) groups is 1. The first-order valence-corrected chi connectivity index (χ1v) is 8.40. The number of aryl methyl sites for hydroxylation is 2. The molecule has 3 rings (SSSR count). The molecule has 0 saturated carbocycles. The highest BCUT2D eigenvalue weighted by Crippen LogP contribution is 2.22. The van der Waals surface area contributed by atoms with Crippen molar-refractivity contribution in [3.8, 4) is 17.3 Å². The summed E-state index contributed by atoms with van der Waals surface area (Å²) >= 11 is 0. The van der Waals surface area contributed by atoms with Crippen LogP contribution in [0.5, 0.6) is 5.75 Å². The summed E-state index contributed by atoms with van der Waals surface area (Å²) in [5, 5.41) is 9.04. The quantitative estimate of drug-likeness (QED) is 0.694. The SMILES string of the molecule is CCn1nc(-c2nc(CC(N)=O)nn2Cc2ccccc2OC)cc1C. The minimum atomic E-state index is -0.471. The van der Waals surface area contributed by atoms with E-state index in [-0.39, 0.29) is 6.42 Å². The van der Waals surface area contributed by atoms with Crippen molar-refractivity contribution in [1.29, 1.82) is 0 Å². The van der Waals surface area contributed by atoms with Gasteiger partial charge in [0, 0.05) is 17.8 Å². The molecule has 0 fully saturated rings. The summed E-state index contributed by atoms with van der Waals surface area (Å²) in [6, 6.07) is 9.67. The van der Waals surface area contributed by atoms with Crippen LogP contribution in [-0.2, 0) is 24.3 Å². The zero-order valence-electron chi connectivity index (χ0n) is 15.1. The third-order valence-corrected chi connectivity index (χ3v) is 4.07. The average molecular weight is 354 g/mol. The smallest absolute Gasteiger partial charge is 0.225 e. The Kier molecular flexibility index (Phi) is 5.01. The number of amides is 1. The van der Waals surface area contributed by atoms with Crippen LogP contribution < -0.4 is 10.5 Å². The molecule has 0 aliphatic heterocycles. The van der Waals surface area contributed by atoms with Crippen molar-refractivity contribution >= 4 is 5.91 Å². The van der Waals surface area contributed by atoms with Gasteiger partial charge < -0.3 is 10.5 Å². The van der Waals surface area contributed by atoms with E-state index >= 15 is 0 Å². The monoisotopic (exact) mass is 354 g/mol. The van der Waals surface area contributed by atoms with Crippen LogP contribution >= 0.6 is 0 Å². The Bertz CT molecular complexity index is 928. The minimum Gasteiger partial charge on any atom is -0.496 e. The van der Waals surface area contributed by atoms with E-state index in [0.717, 1.165) is 23.6 Å². The number of hydrogen-bond acceptors (Lipinski definition) is 5. The van der Waals surface area contributed by atoms with Crippen LogP contribution in [0.25, 0.3) is 11.5 Å². The summed E-state index contributed by atoms with van der Waals surface area (Å²) in [5.74, 6) is 1.27. The maximum atomic E-state index is 11.3. The van der Waals surface area contributed by atoms with Crippen molar-refractivity contribution < 1.29 is 9.53 Å². The summed E-state index contributed by atoms with van der Waals surface area (Å²) in [6.45, 7) is 5.23. The van der Waals surface area contributed by atoms with E-state index < -0.39 is 5.91 Å². The van der Waals surface area contributed by atoms with Gasteiger partial charge in [0.25, 0.3) is 0 Å². The first kappa shape index (κ1) is 17.7. The second kappa shape index (κ2) is 7.38. The number of aromatic nitrogens is 5. The number of rotatable bonds is 7. The second-order valence-electron chi connectivity index (χ2n) is 5.95. The molecule has 26 heavy (non-hydrogen) atoms. The lowest BCUT2D eigenvalue weighted by Crippen LogP contribution is -2.15. The zero-order chi connectivity index (χ0) is 18.7. The van der Waals surface area contributed by atoms with Crippen LogP contribution in [0.4, 0.5) is 0 Å². The van der Waals surface area contributed by atoms with Crippen molar-refractivity contribution in [3.63, 3.8) is 0 Å². The topological polar surface area (TPSA) is 101 Å². The molecule has 1 amide bonds. The van der Waals surface area contributed by atoms with Crippen molar-refractivity contribution in [2.24, 2.45) is 5.73 Å². The van der Waals surface area contributed by atoms with Gasteiger partial charge in [0.2, 0.25) is 5.91 Å². The fraction of sp³-hybridized carbons (Fsp3) is 0.333. The second-order valence-corrected chi connectivity index (χ2v) is 5.95. The van der Waals surface area contributed by atoms with Crippen molar-refractivity contribution in [3.05, 3.63) is 47.4 Å². The lowest BCUT2D eigenvalue weighted by molar-refractivity contribution is -0.117. The molecule has 2 N–H and O–H groups in total. The number of benzene rings is 1. The largest absolute Gasteiger partial charge is 0.496 e. The fourth-order valence-corrected chi connectivity index (χ4v) is 2.85. The molecule has 8 heteroatoms. The average Bonchev–Trinajstić information content (AvgIpc) is 3.17. The molecule has 3 aromatic rings. The molecule has 0 radical (unpaired) electrons. The van der Waals surface area contributed by atoms with Crippen molar-refractivity contribution in [2.75, 3.05) is 7.11 Å². The number of para-hydroxylation sites is 1. The van der Waals surface area contributed by atoms with E-state index in [4.69, 9.17) is 10.5 Å². The summed E-state index contributed by atoms with van der Waals surface area (Å²) in [6.07, 6.45) is -0.0145. The Morgan fingerprint density at radius 1 is 1.23 bits per heavy atom. The number of hydrogen-bond donors (Lipinski definition) is 1. The number of ether oxygens (including phenoxy) is 1. The van der Waals surface area contributed by atoms with Gasteiger partial charge in [-0.3, -0.25) is 9.48 Å². The Labute approximate surface area is 151 Å². The van der Waals surface area contributed by atoms with Gasteiger partial charge in [-0.1, -0.05) is 18.2 Å². The fourth-order valence-electron chi connectivity index (χ4n) is 2.85. The van der Waals surface area contributed by atoms with Gasteiger partial charge in [0.15, 0.2) is 11.6 Å². The van der Waals surface area contributed by atoms with Crippen molar-refractivity contribution in [2.45, 2.75) is 33.4 Å². The van der Waals surface area contributed by atoms with Gasteiger partial charge in [-0.15, -0.1) is 0 Å². The third kappa shape index (κ3) is 3.58. The molecule has 0 saturated heterocycles. The van der Waals surface area contributed by atoms with Crippen LogP contribution in [0.15, 0.2) is 30.3 Å². The number of carbonyl (C=O) groups excluding carboxylic acids is 1. The highest BCUT2D eigenvalue weighted by Gasteiger charge is 2.18. The Morgan fingerprint density at radius 3 is 2.65 bits per heavy atom. The van der Waals surface area contributed by atoms with E-state index in [1.165, 1.54) is 0 Å². The first-order chi connectivity index (χ1) is 12.5. The highest BCUT2D eigenvalue weighted by atomic mass is 16.5. The summed E-state index contributed by atoms with van der Waals surface area (Å²) in [4.78, 5) is 15.8. The molecule has 0 bridgehead atoms. The van der Waals surface area contributed by atoms with E-state index in [9.17, 15) is 4.79 Å². The van der Waals surface area contributed by atoms with Gasteiger partial charge in [-0.05, 0) is 26.0 Å². The molecule has 0 atom stereocenters. The van der Waals surface area contributed by atoms with Gasteiger partial charge in [-0.2, -0.15) is 10.2 Å². The van der Waals surface area contributed by atoms with Gasteiger partial charge >= 0.3 is 0 Å². The summed E-state index contributed by atoms with van der Waals surface area (Å²) in [5.41, 5.74) is 8.00. The standard InChI is InChI=1S/C18H22N6O2/c1-4-23-12(2)9-14(21-23)18-20-17(10-16(19)25)22-24(18)11-13-7-5-6-8-15(13)26-3/h5-9H,4,10-11H2,1-3H3,(H2,19,25). The Morgan fingerprint density at radius 2 is 2.00 bits per heavy atom. The predicted octanol–water partition coefficient (Wildman–Crippen LogP) is 1.55. The maximum Gasteiger partial charge on any atom is 0.225 e. The zero-order valence-corrected chi connectivity index (χ0v) is 15.1. The van der Waals surface area contributed by atoms with E-state index in [0.29, 0.717) is 23.9 Å². The molecular weight excluding hydrogens is 332 g/mol. The molecular formula is C18H22N6O2. The number of nitrogens with zero attached hydrogens (tertiary/aromatic N) is 5. The normalized spacial score (nSPS) is 10.9. The molecule has 0 spiro atoms. The van der Waals surface area contributed by atoms with Crippen LogP contribution in [0.1, 0.15) is 24.0 Å². The Balaban J connectivity index is 2.04. The number of methoxy groups -OCH3 is 1.